The Morgan fingerprint density at radius 3 is 2.65 bits per heavy atom. The van der Waals surface area contributed by atoms with Gasteiger partial charge in [-0.1, -0.05) is 22.6 Å². The van der Waals surface area contributed by atoms with Crippen molar-refractivity contribution in [1.29, 1.82) is 0 Å². The monoisotopic (exact) mass is 468 g/mol. The zero-order valence-corrected chi connectivity index (χ0v) is 17.3. The van der Waals surface area contributed by atoms with E-state index in [-0.39, 0.29) is 12.1 Å². The van der Waals surface area contributed by atoms with Gasteiger partial charge in [-0.15, -0.1) is 0 Å². The van der Waals surface area contributed by atoms with Gasteiger partial charge in [0, 0.05) is 17.6 Å². The predicted molar refractivity (Wildman–Crippen MR) is 109 cm³/mol. The molecule has 0 atom stereocenters. The summed E-state index contributed by atoms with van der Waals surface area (Å²) in [5.41, 5.74) is 1.39. The maximum atomic E-state index is 12.2. The van der Waals surface area contributed by atoms with Gasteiger partial charge in [0.05, 0.1) is 24.8 Å². The summed E-state index contributed by atoms with van der Waals surface area (Å²) >= 11 is 2.48. The lowest BCUT2D eigenvalue weighted by Crippen LogP contribution is -2.18. The molecule has 0 N–H and O–H groups in total. The number of nitrogens with zero attached hydrogens (tertiary/aromatic N) is 2. The Bertz CT molecular complexity index is 792. The van der Waals surface area contributed by atoms with Crippen LogP contribution in [-0.2, 0) is 4.74 Å². The molecule has 1 heterocycles. The van der Waals surface area contributed by atoms with Crippen LogP contribution in [0.2, 0.25) is 0 Å². The van der Waals surface area contributed by atoms with Gasteiger partial charge >= 0.3 is 5.97 Å². The Hall–Kier alpha value is -1.31. The van der Waals surface area contributed by atoms with Gasteiger partial charge < -0.3 is 9.47 Å². The lowest BCUT2D eigenvalue weighted by molar-refractivity contribution is 0.0596. The maximum absolute atomic E-state index is 12.2. The van der Waals surface area contributed by atoms with E-state index in [0.29, 0.717) is 17.4 Å². The highest BCUT2D eigenvalue weighted by Crippen LogP contribution is 2.36. The van der Waals surface area contributed by atoms with Crippen LogP contribution in [0.15, 0.2) is 18.3 Å². The molecule has 2 aromatic rings. The standard InChI is InChI=1S/C20H25IN2O3/c1-25-20(24)17-10-14-12-23(15-4-2-13(3-5-15)8-9-21)22-18(14)11-19(17)26-16-6-7-16/h10-13,15-16H,2-9H2,1H3. The minimum absolute atomic E-state index is 0.228. The minimum Gasteiger partial charge on any atom is -0.489 e. The number of esters is 1. The van der Waals surface area contributed by atoms with Gasteiger partial charge in [-0.05, 0) is 61.4 Å². The highest BCUT2D eigenvalue weighted by Gasteiger charge is 2.27. The fraction of sp³-hybridized carbons (Fsp3) is 0.600. The summed E-state index contributed by atoms with van der Waals surface area (Å²) in [4.78, 5) is 12.2. The molecule has 5 nitrogen and oxygen atoms in total. The van der Waals surface area contributed by atoms with Crippen LogP contribution in [-0.4, -0.2) is 33.4 Å². The number of methoxy groups -OCH3 is 1. The molecule has 0 aliphatic heterocycles. The summed E-state index contributed by atoms with van der Waals surface area (Å²) in [6, 6.07) is 4.23. The summed E-state index contributed by atoms with van der Waals surface area (Å²) in [5.74, 6) is 1.12. The first-order valence-corrected chi connectivity index (χ1v) is 11.0. The molecule has 0 bridgehead atoms. The Morgan fingerprint density at radius 2 is 2.00 bits per heavy atom. The number of aromatic nitrogens is 2. The normalized spacial score (nSPS) is 23.2. The Labute approximate surface area is 167 Å². The number of benzene rings is 1. The molecule has 140 valence electrons. The van der Waals surface area contributed by atoms with E-state index >= 15 is 0 Å². The zero-order chi connectivity index (χ0) is 18.1. The highest BCUT2D eigenvalue weighted by atomic mass is 127. The van der Waals surface area contributed by atoms with Crippen molar-refractivity contribution in [3.8, 4) is 5.75 Å². The Morgan fingerprint density at radius 1 is 1.23 bits per heavy atom. The van der Waals surface area contributed by atoms with E-state index in [2.05, 4.69) is 33.5 Å². The number of rotatable bonds is 6. The highest BCUT2D eigenvalue weighted by molar-refractivity contribution is 14.1. The molecule has 6 heteroatoms. The maximum Gasteiger partial charge on any atom is 0.341 e. The Balaban J connectivity index is 1.59. The number of ether oxygens (including phenoxy) is 2. The topological polar surface area (TPSA) is 53.4 Å². The third-order valence-electron chi connectivity index (χ3n) is 5.55. The van der Waals surface area contributed by atoms with Gasteiger partial charge in [0.2, 0.25) is 0 Å². The summed E-state index contributed by atoms with van der Waals surface area (Å²) in [7, 11) is 1.41. The van der Waals surface area contributed by atoms with Crippen LogP contribution in [0.1, 0.15) is 61.3 Å². The molecule has 1 aromatic heterocycles. The minimum atomic E-state index is -0.352. The van der Waals surface area contributed by atoms with Crippen LogP contribution in [0.25, 0.3) is 10.9 Å². The van der Waals surface area contributed by atoms with E-state index in [0.717, 1.165) is 29.7 Å². The van der Waals surface area contributed by atoms with Gasteiger partial charge in [0.1, 0.15) is 11.3 Å². The lowest BCUT2D eigenvalue weighted by atomic mass is 9.85. The van der Waals surface area contributed by atoms with Gasteiger partial charge in [0.15, 0.2) is 0 Å². The average Bonchev–Trinajstić information content (AvgIpc) is 3.37. The molecule has 0 saturated heterocycles. The number of carbonyl (C=O) groups excluding carboxylic acids is 1. The van der Waals surface area contributed by atoms with Crippen molar-refractivity contribution in [2.45, 2.75) is 57.1 Å². The van der Waals surface area contributed by atoms with E-state index in [1.165, 1.54) is 43.6 Å². The number of hydrogen-bond acceptors (Lipinski definition) is 4. The number of alkyl halides is 1. The van der Waals surface area contributed by atoms with Gasteiger partial charge in [-0.2, -0.15) is 5.10 Å². The van der Waals surface area contributed by atoms with E-state index in [1.54, 1.807) is 0 Å². The molecule has 4 rings (SSSR count). The molecule has 0 spiro atoms. The molecule has 0 unspecified atom stereocenters. The lowest BCUT2D eigenvalue weighted by Gasteiger charge is -2.28. The summed E-state index contributed by atoms with van der Waals surface area (Å²) in [6.07, 6.45) is 10.7. The van der Waals surface area contributed by atoms with E-state index < -0.39 is 0 Å². The van der Waals surface area contributed by atoms with Gasteiger partial charge in [-0.3, -0.25) is 4.68 Å². The van der Waals surface area contributed by atoms with Crippen LogP contribution < -0.4 is 4.74 Å². The number of fused-ring (bicyclic) bond motifs is 1. The summed E-state index contributed by atoms with van der Waals surface area (Å²) < 4.78 is 14.2. The van der Waals surface area contributed by atoms with Crippen molar-refractivity contribution in [3.05, 3.63) is 23.9 Å². The molecule has 1 aromatic carbocycles. The van der Waals surface area contributed by atoms with Crippen LogP contribution in [0.5, 0.6) is 5.75 Å². The zero-order valence-electron chi connectivity index (χ0n) is 15.1. The van der Waals surface area contributed by atoms with Crippen molar-refractivity contribution >= 4 is 39.5 Å². The van der Waals surface area contributed by atoms with Crippen molar-refractivity contribution in [1.82, 2.24) is 9.78 Å². The van der Waals surface area contributed by atoms with Crippen LogP contribution in [0.3, 0.4) is 0 Å². The second kappa shape index (κ2) is 7.74. The number of carbonyl (C=O) groups is 1. The van der Waals surface area contributed by atoms with Gasteiger partial charge in [0.25, 0.3) is 0 Å². The smallest absolute Gasteiger partial charge is 0.341 e. The predicted octanol–water partition coefficient (Wildman–Crippen LogP) is 4.92. The molecular formula is C20H25IN2O3. The second-order valence-corrected chi connectivity index (χ2v) is 8.56. The second-order valence-electron chi connectivity index (χ2n) is 7.48. The molecular weight excluding hydrogens is 443 g/mol. The number of hydrogen-bond donors (Lipinski definition) is 0. The summed E-state index contributed by atoms with van der Waals surface area (Å²) in [5, 5.41) is 5.78. The first-order valence-electron chi connectivity index (χ1n) is 9.51. The third-order valence-corrected chi connectivity index (χ3v) is 6.18. The molecule has 2 aliphatic rings. The fourth-order valence-electron chi connectivity index (χ4n) is 3.84. The van der Waals surface area contributed by atoms with Crippen molar-refractivity contribution < 1.29 is 14.3 Å². The van der Waals surface area contributed by atoms with Crippen LogP contribution in [0.4, 0.5) is 0 Å². The van der Waals surface area contributed by atoms with Gasteiger partial charge in [-0.25, -0.2) is 4.79 Å². The van der Waals surface area contributed by atoms with E-state index in [4.69, 9.17) is 14.6 Å². The van der Waals surface area contributed by atoms with Crippen molar-refractivity contribution in [3.63, 3.8) is 0 Å². The quantitative estimate of drug-likeness (QED) is 0.343. The summed E-state index contributed by atoms with van der Waals surface area (Å²) in [6.45, 7) is 0. The molecule has 2 fully saturated rings. The van der Waals surface area contributed by atoms with Crippen molar-refractivity contribution in [2.24, 2.45) is 5.92 Å². The SMILES string of the molecule is COC(=O)c1cc2cn(C3CCC(CCI)CC3)nc2cc1OC1CC1. The molecule has 0 amide bonds. The third kappa shape index (κ3) is 3.85. The largest absolute Gasteiger partial charge is 0.489 e. The molecule has 2 saturated carbocycles. The first-order chi connectivity index (χ1) is 12.7. The number of halogens is 1. The van der Waals surface area contributed by atoms with E-state index in [1.807, 2.05) is 12.1 Å². The average molecular weight is 468 g/mol. The van der Waals surface area contributed by atoms with Crippen LogP contribution in [0, 0.1) is 5.92 Å². The fourth-order valence-corrected chi connectivity index (χ4v) is 4.72. The molecule has 2 aliphatic carbocycles. The van der Waals surface area contributed by atoms with Crippen molar-refractivity contribution in [2.75, 3.05) is 11.5 Å². The first kappa shape index (κ1) is 18.1. The van der Waals surface area contributed by atoms with E-state index in [9.17, 15) is 4.79 Å². The van der Waals surface area contributed by atoms with Crippen LogP contribution >= 0.6 is 22.6 Å². The molecule has 0 radical (unpaired) electrons. The Kier molecular flexibility index (Phi) is 5.38. The molecule has 26 heavy (non-hydrogen) atoms.